The molecule has 0 spiro atoms. The maximum Gasteiger partial charge on any atom is 0.309 e. The third kappa shape index (κ3) is 4.57. The first-order valence-electron chi connectivity index (χ1n) is 5.58. The smallest absolute Gasteiger partial charge is 0.309 e. The van der Waals surface area contributed by atoms with Crippen LogP contribution in [0.5, 0.6) is 0 Å². The van der Waals surface area contributed by atoms with Gasteiger partial charge in [-0.1, -0.05) is 0 Å². The van der Waals surface area contributed by atoms with Crippen molar-refractivity contribution in [3.63, 3.8) is 0 Å². The van der Waals surface area contributed by atoms with E-state index in [-0.39, 0.29) is 17.7 Å². The molecule has 6 nitrogen and oxygen atoms in total. The van der Waals surface area contributed by atoms with E-state index in [2.05, 4.69) is 5.32 Å². The van der Waals surface area contributed by atoms with Crippen LogP contribution in [0.4, 0.5) is 0 Å². The molecule has 0 heterocycles. The summed E-state index contributed by atoms with van der Waals surface area (Å²) in [6, 6.07) is 0. The number of nitrogens with one attached hydrogen (secondary N) is 1. The van der Waals surface area contributed by atoms with Gasteiger partial charge in [0.05, 0.1) is 5.41 Å². The number of aliphatic carboxylic acids is 1. The Morgan fingerprint density at radius 3 is 2.06 bits per heavy atom. The number of hydrogen-bond donors (Lipinski definition) is 3. The van der Waals surface area contributed by atoms with E-state index in [0.717, 1.165) is 0 Å². The van der Waals surface area contributed by atoms with Gasteiger partial charge in [-0.3, -0.25) is 14.4 Å². The zero-order valence-electron chi connectivity index (χ0n) is 11.2. The molecule has 102 valence electrons. The molecule has 0 aromatic heterocycles. The van der Waals surface area contributed by atoms with Gasteiger partial charge in [0.25, 0.3) is 0 Å². The van der Waals surface area contributed by atoms with E-state index in [9.17, 15) is 14.4 Å². The maximum absolute atomic E-state index is 11.6. The summed E-state index contributed by atoms with van der Waals surface area (Å²) in [5.74, 6) is -1.97. The number of amides is 2. The summed E-state index contributed by atoms with van der Waals surface area (Å²) in [4.78, 5) is 33.3. The number of carboxylic acid groups (broad SMARTS) is 1. The molecule has 0 aliphatic carbocycles. The van der Waals surface area contributed by atoms with E-state index >= 15 is 0 Å². The Hall–Kier alpha value is -1.85. The van der Waals surface area contributed by atoms with Crippen LogP contribution >= 0.6 is 0 Å². The fourth-order valence-electron chi connectivity index (χ4n) is 1.08. The zero-order chi connectivity index (χ0) is 14.5. The van der Waals surface area contributed by atoms with Crippen molar-refractivity contribution >= 4 is 17.8 Å². The van der Waals surface area contributed by atoms with Crippen LogP contribution in [0.15, 0.2) is 11.1 Å². The molecule has 0 saturated carbocycles. The molecule has 0 bridgehead atoms. The summed E-state index contributed by atoms with van der Waals surface area (Å²) in [7, 11) is 0. The number of rotatable bonds is 6. The van der Waals surface area contributed by atoms with Crippen LogP contribution in [0.25, 0.3) is 0 Å². The number of nitrogens with two attached hydrogens (primary N) is 1. The first-order chi connectivity index (χ1) is 8.09. The normalized spacial score (nSPS) is 12.7. The monoisotopic (exact) mass is 256 g/mol. The predicted octanol–water partition coefficient (Wildman–Crippen LogP) is 0.425. The van der Waals surface area contributed by atoms with Crippen molar-refractivity contribution < 1.29 is 19.5 Å². The highest BCUT2D eigenvalue weighted by molar-refractivity contribution is 6.03. The minimum atomic E-state index is -0.919. The van der Waals surface area contributed by atoms with Crippen LogP contribution < -0.4 is 11.1 Å². The second-order valence-corrected chi connectivity index (χ2v) is 4.81. The number of primary amides is 1. The van der Waals surface area contributed by atoms with Gasteiger partial charge in [0, 0.05) is 17.7 Å². The Kier molecular flexibility index (Phi) is 5.55. The van der Waals surface area contributed by atoms with Crippen LogP contribution in [0, 0.1) is 5.41 Å². The fourth-order valence-corrected chi connectivity index (χ4v) is 1.08. The van der Waals surface area contributed by atoms with E-state index in [1.807, 2.05) is 0 Å². The van der Waals surface area contributed by atoms with Gasteiger partial charge in [-0.05, 0) is 34.1 Å². The van der Waals surface area contributed by atoms with Crippen molar-refractivity contribution in [1.82, 2.24) is 5.32 Å². The first kappa shape index (κ1) is 16.1. The van der Waals surface area contributed by atoms with Crippen molar-refractivity contribution in [1.29, 1.82) is 0 Å². The minimum Gasteiger partial charge on any atom is -0.481 e. The van der Waals surface area contributed by atoms with Crippen molar-refractivity contribution in [2.75, 3.05) is 6.54 Å². The standard InChI is InChI=1S/C12H20N2O4/c1-7(9(13)15)8(2)10(16)14-6-5-12(3,4)11(17)18/h5-6H2,1-4H3,(H2,13,15)(H,14,16)(H,17,18). The SMILES string of the molecule is CC(C(N)=O)=C(C)C(=O)NCCC(C)(C)C(=O)O. The molecule has 0 aromatic carbocycles. The fraction of sp³-hybridized carbons (Fsp3) is 0.583. The van der Waals surface area contributed by atoms with Crippen LogP contribution in [0.2, 0.25) is 0 Å². The summed E-state index contributed by atoms with van der Waals surface area (Å²) in [6.45, 7) is 6.36. The molecule has 18 heavy (non-hydrogen) atoms. The van der Waals surface area contributed by atoms with Crippen LogP contribution in [0.1, 0.15) is 34.1 Å². The molecule has 0 rings (SSSR count). The van der Waals surface area contributed by atoms with Gasteiger partial charge < -0.3 is 16.2 Å². The average Bonchev–Trinajstić information content (AvgIpc) is 2.26. The summed E-state index contributed by atoms with van der Waals surface area (Å²) < 4.78 is 0. The van der Waals surface area contributed by atoms with Crippen molar-refractivity contribution in [3.8, 4) is 0 Å². The molecule has 0 radical (unpaired) electrons. The average molecular weight is 256 g/mol. The summed E-state index contributed by atoms with van der Waals surface area (Å²) >= 11 is 0. The maximum atomic E-state index is 11.6. The Bertz CT molecular complexity index is 397. The molecule has 0 aromatic rings. The number of hydrogen-bond acceptors (Lipinski definition) is 3. The Labute approximate surface area is 106 Å². The van der Waals surface area contributed by atoms with E-state index in [1.165, 1.54) is 13.8 Å². The number of carbonyl (C=O) groups is 3. The van der Waals surface area contributed by atoms with Gasteiger partial charge in [0.15, 0.2) is 0 Å². The summed E-state index contributed by atoms with van der Waals surface area (Å²) in [5.41, 5.74) is 4.60. The van der Waals surface area contributed by atoms with Gasteiger partial charge in [-0.15, -0.1) is 0 Å². The molecule has 0 saturated heterocycles. The van der Waals surface area contributed by atoms with Crippen LogP contribution in [0.3, 0.4) is 0 Å². The summed E-state index contributed by atoms with van der Waals surface area (Å²) in [5, 5.41) is 11.5. The van der Waals surface area contributed by atoms with Gasteiger partial charge in [-0.2, -0.15) is 0 Å². The van der Waals surface area contributed by atoms with Crippen molar-refractivity contribution in [2.24, 2.45) is 11.1 Å². The van der Waals surface area contributed by atoms with E-state index < -0.39 is 23.2 Å². The van der Waals surface area contributed by atoms with Crippen molar-refractivity contribution in [2.45, 2.75) is 34.1 Å². The zero-order valence-corrected chi connectivity index (χ0v) is 11.2. The topological polar surface area (TPSA) is 109 Å². The first-order valence-corrected chi connectivity index (χ1v) is 5.58. The van der Waals surface area contributed by atoms with Gasteiger partial charge in [0.1, 0.15) is 0 Å². The lowest BCUT2D eigenvalue weighted by atomic mass is 9.89. The molecule has 2 amide bonds. The molecular formula is C12H20N2O4. The number of carbonyl (C=O) groups excluding carboxylic acids is 2. The lowest BCUT2D eigenvalue weighted by Crippen LogP contribution is -2.33. The molecule has 4 N–H and O–H groups in total. The molecular weight excluding hydrogens is 236 g/mol. The van der Waals surface area contributed by atoms with Gasteiger partial charge in [0.2, 0.25) is 11.8 Å². The Morgan fingerprint density at radius 1 is 1.17 bits per heavy atom. The third-order valence-electron chi connectivity index (χ3n) is 2.89. The largest absolute Gasteiger partial charge is 0.481 e. The highest BCUT2D eigenvalue weighted by Gasteiger charge is 2.26. The molecule has 0 unspecified atom stereocenters. The highest BCUT2D eigenvalue weighted by atomic mass is 16.4. The van der Waals surface area contributed by atoms with Crippen molar-refractivity contribution in [3.05, 3.63) is 11.1 Å². The molecule has 6 heteroatoms. The lowest BCUT2D eigenvalue weighted by Gasteiger charge is -2.19. The van der Waals surface area contributed by atoms with Gasteiger partial charge >= 0.3 is 5.97 Å². The second kappa shape index (κ2) is 6.18. The van der Waals surface area contributed by atoms with Gasteiger partial charge in [-0.25, -0.2) is 0 Å². The molecule has 0 atom stereocenters. The molecule has 0 aliphatic rings. The lowest BCUT2D eigenvalue weighted by molar-refractivity contribution is -0.147. The Balaban J connectivity index is 4.42. The Morgan fingerprint density at radius 2 is 1.67 bits per heavy atom. The van der Waals surface area contributed by atoms with Crippen LogP contribution in [-0.2, 0) is 14.4 Å². The summed E-state index contributed by atoms with van der Waals surface area (Å²) in [6.07, 6.45) is 0.303. The predicted molar refractivity (Wildman–Crippen MR) is 66.6 cm³/mol. The van der Waals surface area contributed by atoms with Crippen LogP contribution in [-0.4, -0.2) is 29.4 Å². The minimum absolute atomic E-state index is 0.199. The number of carboxylic acids is 1. The second-order valence-electron chi connectivity index (χ2n) is 4.81. The van der Waals surface area contributed by atoms with E-state index in [0.29, 0.717) is 6.42 Å². The third-order valence-corrected chi connectivity index (χ3v) is 2.89. The quantitative estimate of drug-likeness (QED) is 0.598. The molecule has 0 aliphatic heterocycles. The molecule has 0 fully saturated rings. The van der Waals surface area contributed by atoms with E-state index in [1.54, 1.807) is 13.8 Å². The van der Waals surface area contributed by atoms with E-state index in [4.69, 9.17) is 10.8 Å². The highest BCUT2D eigenvalue weighted by Crippen LogP contribution is 2.19.